The SMILES string of the molecule is CNc1ncc(Cl)c(Nc2ccc(Br)c(C(F)(F)F)c2)n1. The number of nitrogens with zero attached hydrogens (tertiary/aromatic N) is 2. The number of halogens is 5. The van der Waals surface area contributed by atoms with Crippen LogP contribution in [-0.4, -0.2) is 17.0 Å². The highest BCUT2D eigenvalue weighted by Crippen LogP contribution is 2.37. The van der Waals surface area contributed by atoms with Gasteiger partial charge in [0.05, 0.1) is 11.8 Å². The van der Waals surface area contributed by atoms with Crippen LogP contribution in [0.4, 0.5) is 30.6 Å². The number of hydrogen-bond acceptors (Lipinski definition) is 4. The van der Waals surface area contributed by atoms with Crippen LogP contribution in [0.1, 0.15) is 5.56 Å². The predicted molar refractivity (Wildman–Crippen MR) is 79.0 cm³/mol. The molecule has 0 bridgehead atoms. The lowest BCUT2D eigenvalue weighted by Crippen LogP contribution is -2.07. The zero-order chi connectivity index (χ0) is 15.6. The van der Waals surface area contributed by atoms with Crippen molar-refractivity contribution < 1.29 is 13.2 Å². The lowest BCUT2D eigenvalue weighted by Gasteiger charge is -2.13. The molecule has 0 aliphatic rings. The Balaban J connectivity index is 2.36. The molecule has 0 aliphatic carbocycles. The zero-order valence-corrected chi connectivity index (χ0v) is 12.9. The van der Waals surface area contributed by atoms with Crippen molar-refractivity contribution in [3.8, 4) is 0 Å². The summed E-state index contributed by atoms with van der Waals surface area (Å²) >= 11 is 8.80. The summed E-state index contributed by atoms with van der Waals surface area (Å²) in [6.45, 7) is 0. The Kier molecular flexibility index (Phi) is 4.58. The van der Waals surface area contributed by atoms with E-state index in [1.54, 1.807) is 7.05 Å². The van der Waals surface area contributed by atoms with Gasteiger partial charge >= 0.3 is 6.18 Å². The van der Waals surface area contributed by atoms with Crippen LogP contribution in [0.5, 0.6) is 0 Å². The van der Waals surface area contributed by atoms with E-state index in [2.05, 4.69) is 36.5 Å². The van der Waals surface area contributed by atoms with Crippen molar-refractivity contribution in [1.29, 1.82) is 0 Å². The van der Waals surface area contributed by atoms with E-state index in [4.69, 9.17) is 11.6 Å². The van der Waals surface area contributed by atoms with Crippen molar-refractivity contribution in [2.75, 3.05) is 17.7 Å². The second-order valence-corrected chi connectivity index (χ2v) is 5.22. The summed E-state index contributed by atoms with van der Waals surface area (Å²) in [7, 11) is 1.62. The lowest BCUT2D eigenvalue weighted by molar-refractivity contribution is -0.138. The van der Waals surface area contributed by atoms with Crippen LogP contribution in [-0.2, 0) is 6.18 Å². The van der Waals surface area contributed by atoms with Crippen LogP contribution in [0.3, 0.4) is 0 Å². The van der Waals surface area contributed by atoms with Crippen LogP contribution < -0.4 is 10.6 Å². The summed E-state index contributed by atoms with van der Waals surface area (Å²) in [5.74, 6) is 0.515. The van der Waals surface area contributed by atoms with Crippen LogP contribution in [0.15, 0.2) is 28.9 Å². The first kappa shape index (κ1) is 15.8. The largest absolute Gasteiger partial charge is 0.417 e. The fraction of sp³-hybridized carbons (Fsp3) is 0.167. The third-order valence-corrected chi connectivity index (χ3v) is 3.47. The molecule has 21 heavy (non-hydrogen) atoms. The molecule has 1 heterocycles. The van der Waals surface area contributed by atoms with Gasteiger partial charge in [0.1, 0.15) is 5.02 Å². The van der Waals surface area contributed by atoms with Gasteiger partial charge in [-0.15, -0.1) is 0 Å². The van der Waals surface area contributed by atoms with Crippen LogP contribution in [0.2, 0.25) is 5.02 Å². The highest BCUT2D eigenvalue weighted by molar-refractivity contribution is 9.10. The average Bonchev–Trinajstić information content (AvgIpc) is 2.42. The summed E-state index contributed by atoms with van der Waals surface area (Å²) in [6, 6.07) is 3.76. The summed E-state index contributed by atoms with van der Waals surface area (Å²) in [6.07, 6.45) is -3.10. The quantitative estimate of drug-likeness (QED) is 0.809. The summed E-state index contributed by atoms with van der Waals surface area (Å²) in [4.78, 5) is 7.93. The molecule has 2 rings (SSSR count). The number of nitrogens with one attached hydrogen (secondary N) is 2. The molecule has 0 spiro atoms. The van der Waals surface area contributed by atoms with Crippen LogP contribution in [0, 0.1) is 0 Å². The Hall–Kier alpha value is -1.54. The molecule has 2 aromatic rings. The van der Waals surface area contributed by atoms with Gasteiger partial charge in [-0.3, -0.25) is 0 Å². The fourth-order valence-corrected chi connectivity index (χ4v) is 2.14. The van der Waals surface area contributed by atoms with Crippen molar-refractivity contribution in [1.82, 2.24) is 9.97 Å². The van der Waals surface area contributed by atoms with E-state index >= 15 is 0 Å². The van der Waals surface area contributed by atoms with Crippen molar-refractivity contribution in [2.45, 2.75) is 6.18 Å². The number of anilines is 3. The normalized spacial score (nSPS) is 11.3. The van der Waals surface area contributed by atoms with Gasteiger partial charge in [-0.25, -0.2) is 4.98 Å². The van der Waals surface area contributed by atoms with Crippen molar-refractivity contribution in [3.05, 3.63) is 39.5 Å². The van der Waals surface area contributed by atoms with E-state index in [0.29, 0.717) is 5.95 Å². The Labute approximate surface area is 131 Å². The molecule has 9 heteroatoms. The second-order valence-electron chi connectivity index (χ2n) is 3.96. The second kappa shape index (κ2) is 6.07. The van der Waals surface area contributed by atoms with Gasteiger partial charge in [-0.1, -0.05) is 27.5 Å². The molecule has 0 fully saturated rings. The van der Waals surface area contributed by atoms with E-state index in [1.807, 2.05) is 0 Å². The first-order chi connectivity index (χ1) is 9.81. The molecule has 0 radical (unpaired) electrons. The van der Waals surface area contributed by atoms with E-state index < -0.39 is 11.7 Å². The Morgan fingerprint density at radius 2 is 2.00 bits per heavy atom. The van der Waals surface area contributed by atoms with E-state index in [9.17, 15) is 13.2 Å². The van der Waals surface area contributed by atoms with Gasteiger partial charge in [0.25, 0.3) is 0 Å². The third-order valence-electron chi connectivity index (χ3n) is 2.50. The maximum absolute atomic E-state index is 12.8. The molecule has 0 amide bonds. The number of alkyl halides is 3. The average molecular weight is 382 g/mol. The van der Waals surface area contributed by atoms with Gasteiger partial charge in [0.2, 0.25) is 5.95 Å². The monoisotopic (exact) mass is 380 g/mol. The van der Waals surface area contributed by atoms with Gasteiger partial charge in [0, 0.05) is 17.2 Å². The van der Waals surface area contributed by atoms with Crippen molar-refractivity contribution in [3.63, 3.8) is 0 Å². The molecule has 2 N–H and O–H groups in total. The minimum atomic E-state index is -4.46. The molecule has 112 valence electrons. The predicted octanol–water partition coefficient (Wildman–Crippen LogP) is 4.70. The highest BCUT2D eigenvalue weighted by Gasteiger charge is 2.33. The van der Waals surface area contributed by atoms with Crippen molar-refractivity contribution >= 4 is 45.0 Å². The summed E-state index contributed by atoms with van der Waals surface area (Å²) in [5.41, 5.74) is -0.570. The van der Waals surface area contributed by atoms with Crippen LogP contribution >= 0.6 is 27.5 Å². The summed E-state index contributed by atoms with van der Waals surface area (Å²) in [5, 5.41) is 5.66. The first-order valence-corrected chi connectivity index (χ1v) is 6.82. The molecule has 4 nitrogen and oxygen atoms in total. The molecular weight excluding hydrogens is 373 g/mol. The Bertz CT molecular complexity index is 663. The summed E-state index contributed by atoms with van der Waals surface area (Å²) < 4.78 is 38.5. The molecule has 0 unspecified atom stereocenters. The molecule has 0 atom stereocenters. The van der Waals surface area contributed by atoms with E-state index in [1.165, 1.54) is 18.3 Å². The maximum atomic E-state index is 12.8. The van der Waals surface area contributed by atoms with E-state index in [0.717, 1.165) is 6.07 Å². The number of benzene rings is 1. The highest BCUT2D eigenvalue weighted by atomic mass is 79.9. The van der Waals surface area contributed by atoms with Gasteiger partial charge in [-0.05, 0) is 18.2 Å². The van der Waals surface area contributed by atoms with Gasteiger partial charge < -0.3 is 10.6 Å². The maximum Gasteiger partial charge on any atom is 0.417 e. The zero-order valence-electron chi connectivity index (χ0n) is 10.6. The molecule has 1 aromatic heterocycles. The minimum absolute atomic E-state index is 0.0368. The number of rotatable bonds is 3. The molecule has 0 aliphatic heterocycles. The molecule has 0 saturated carbocycles. The first-order valence-electron chi connectivity index (χ1n) is 5.65. The topological polar surface area (TPSA) is 49.8 Å². The van der Waals surface area contributed by atoms with Gasteiger partial charge in [-0.2, -0.15) is 18.2 Å². The van der Waals surface area contributed by atoms with Crippen molar-refractivity contribution in [2.24, 2.45) is 0 Å². The molecule has 1 aromatic carbocycles. The number of hydrogen-bond donors (Lipinski definition) is 2. The fourth-order valence-electron chi connectivity index (χ4n) is 1.53. The Morgan fingerprint density at radius 1 is 1.29 bits per heavy atom. The van der Waals surface area contributed by atoms with E-state index in [-0.39, 0.29) is 21.0 Å². The lowest BCUT2D eigenvalue weighted by atomic mass is 10.2. The third kappa shape index (κ3) is 3.76. The number of aromatic nitrogens is 2. The Morgan fingerprint density at radius 3 is 2.62 bits per heavy atom. The van der Waals surface area contributed by atoms with Crippen LogP contribution in [0.25, 0.3) is 0 Å². The standard InChI is InChI=1S/C12H9BrClF3N4/c1-18-11-19-5-9(14)10(21-11)20-6-2-3-8(13)7(4-6)12(15,16)17/h2-5H,1H3,(H2,18,19,20,21). The smallest absolute Gasteiger partial charge is 0.357 e. The molecular formula is C12H9BrClF3N4. The van der Waals surface area contributed by atoms with Gasteiger partial charge in [0.15, 0.2) is 5.82 Å². The molecule has 0 saturated heterocycles. The minimum Gasteiger partial charge on any atom is -0.357 e.